The Morgan fingerprint density at radius 2 is 1.91 bits per heavy atom. The lowest BCUT2D eigenvalue weighted by atomic mass is 9.87. The molecule has 0 saturated carbocycles. The average Bonchev–Trinajstić information content (AvgIpc) is 3.22. The van der Waals surface area contributed by atoms with Gasteiger partial charge in [-0.3, -0.25) is 14.6 Å². The summed E-state index contributed by atoms with van der Waals surface area (Å²) in [6.07, 6.45) is -0.204. The molecule has 9 nitrogen and oxygen atoms in total. The number of pyridine rings is 1. The molecule has 1 saturated heterocycles. The molecule has 2 N–H and O–H groups in total. The Labute approximate surface area is 196 Å². The lowest BCUT2D eigenvalue weighted by molar-refractivity contribution is -0.192. The number of carboxylic acid groups (broad SMARTS) is 1. The van der Waals surface area contributed by atoms with E-state index < -0.39 is 23.6 Å². The van der Waals surface area contributed by atoms with Crippen LogP contribution in [0.25, 0.3) is 0 Å². The van der Waals surface area contributed by atoms with Gasteiger partial charge in [0, 0.05) is 24.7 Å². The summed E-state index contributed by atoms with van der Waals surface area (Å²) in [5, 5.41) is 13.8. The molecule has 0 aliphatic carbocycles. The average molecular weight is 496 g/mol. The van der Waals surface area contributed by atoms with Crippen LogP contribution in [0, 0.1) is 5.82 Å². The Morgan fingerprint density at radius 3 is 2.54 bits per heavy atom. The molecular formula is C22H20F4N4O5. The van der Waals surface area contributed by atoms with E-state index in [1.54, 1.807) is 35.5 Å². The molecule has 4 rings (SSSR count). The van der Waals surface area contributed by atoms with E-state index in [0.717, 1.165) is 0 Å². The van der Waals surface area contributed by atoms with Gasteiger partial charge in [-0.25, -0.2) is 9.18 Å². The number of nitrogens with zero attached hydrogens (tertiary/aromatic N) is 3. The second-order valence-electron chi connectivity index (χ2n) is 7.83. The zero-order chi connectivity index (χ0) is 25.6. The molecule has 1 aromatic carbocycles. The number of aliphatic carboxylic acids is 1. The summed E-state index contributed by atoms with van der Waals surface area (Å²) >= 11 is 0. The number of aromatic nitrogens is 1. The third kappa shape index (κ3) is 6.74. The number of nitrogens with one attached hydrogen (secondary N) is 1. The minimum Gasteiger partial charge on any atom is -0.475 e. The third-order valence-corrected chi connectivity index (χ3v) is 5.16. The Bertz CT molecular complexity index is 1130. The molecule has 186 valence electrons. The highest BCUT2D eigenvalue weighted by Gasteiger charge is 2.45. The first-order valence-electron chi connectivity index (χ1n) is 10.3. The van der Waals surface area contributed by atoms with Crippen LogP contribution in [0.5, 0.6) is 0 Å². The zero-order valence-corrected chi connectivity index (χ0v) is 18.1. The van der Waals surface area contributed by atoms with Crippen LogP contribution in [0.15, 0.2) is 53.9 Å². The van der Waals surface area contributed by atoms with E-state index in [9.17, 15) is 27.2 Å². The standard InChI is InChI=1S/C20H19FN4O3.C2HF3O2/c21-15-5-1-4-14(10-15)19(27)25-9-3-7-20(13-25)11-17(24-28-20)18(26)23-16-6-2-8-22-12-16;3-2(4,5)1(6)7/h1-2,4-6,8,10,12H,3,7,9,11,13H2,(H,23,26);(H,6,7). The molecule has 2 aromatic rings. The van der Waals surface area contributed by atoms with E-state index in [4.69, 9.17) is 14.7 Å². The normalized spacial score (nSPS) is 19.2. The highest BCUT2D eigenvalue weighted by atomic mass is 19.4. The fraction of sp³-hybridized carbons (Fsp3) is 0.318. The molecule has 1 atom stereocenters. The van der Waals surface area contributed by atoms with Crippen molar-refractivity contribution in [2.75, 3.05) is 18.4 Å². The minimum atomic E-state index is -5.08. The van der Waals surface area contributed by atoms with Crippen LogP contribution in [0.2, 0.25) is 0 Å². The molecule has 0 radical (unpaired) electrons. The minimum absolute atomic E-state index is 0.254. The lowest BCUT2D eigenvalue weighted by Gasteiger charge is -2.38. The summed E-state index contributed by atoms with van der Waals surface area (Å²) in [5.41, 5.74) is 0.431. The fourth-order valence-electron chi connectivity index (χ4n) is 3.58. The Hall–Kier alpha value is -4.03. The predicted molar refractivity (Wildman–Crippen MR) is 114 cm³/mol. The number of amides is 2. The smallest absolute Gasteiger partial charge is 0.475 e. The Kier molecular flexibility index (Phi) is 7.67. The topological polar surface area (TPSA) is 121 Å². The number of benzene rings is 1. The summed E-state index contributed by atoms with van der Waals surface area (Å²) in [7, 11) is 0. The van der Waals surface area contributed by atoms with Gasteiger partial charge >= 0.3 is 12.1 Å². The van der Waals surface area contributed by atoms with E-state index in [0.29, 0.717) is 43.6 Å². The summed E-state index contributed by atoms with van der Waals surface area (Å²) in [6, 6.07) is 9.08. The van der Waals surface area contributed by atoms with Gasteiger partial charge in [0.2, 0.25) is 0 Å². The van der Waals surface area contributed by atoms with E-state index >= 15 is 0 Å². The lowest BCUT2D eigenvalue weighted by Crippen LogP contribution is -2.50. The van der Waals surface area contributed by atoms with E-state index in [-0.39, 0.29) is 17.5 Å². The van der Waals surface area contributed by atoms with Crippen molar-refractivity contribution in [3.8, 4) is 0 Å². The molecule has 1 spiro atoms. The highest BCUT2D eigenvalue weighted by molar-refractivity contribution is 6.43. The van der Waals surface area contributed by atoms with E-state index in [1.165, 1.54) is 18.2 Å². The maximum absolute atomic E-state index is 13.4. The van der Waals surface area contributed by atoms with Gasteiger partial charge in [0.05, 0.1) is 18.4 Å². The first-order chi connectivity index (χ1) is 16.5. The first-order valence-corrected chi connectivity index (χ1v) is 10.3. The summed E-state index contributed by atoms with van der Waals surface area (Å²) in [4.78, 5) is 45.3. The molecule has 35 heavy (non-hydrogen) atoms. The number of alkyl halides is 3. The number of piperidine rings is 1. The van der Waals surface area contributed by atoms with Crippen molar-refractivity contribution in [1.82, 2.24) is 9.88 Å². The van der Waals surface area contributed by atoms with E-state index in [2.05, 4.69) is 15.5 Å². The number of carbonyl (C=O) groups excluding carboxylic acids is 2. The number of halogens is 4. The van der Waals surface area contributed by atoms with Gasteiger partial charge in [0.15, 0.2) is 5.60 Å². The number of hydrogen-bond donors (Lipinski definition) is 2. The van der Waals surface area contributed by atoms with Crippen molar-refractivity contribution in [2.24, 2.45) is 5.16 Å². The molecule has 13 heteroatoms. The number of carbonyl (C=O) groups is 3. The monoisotopic (exact) mass is 496 g/mol. The molecule has 1 aromatic heterocycles. The van der Waals surface area contributed by atoms with E-state index in [1.807, 2.05) is 0 Å². The van der Waals surface area contributed by atoms with Gasteiger partial charge in [-0.15, -0.1) is 0 Å². The molecule has 2 aliphatic heterocycles. The van der Waals surface area contributed by atoms with Crippen LogP contribution in [0.4, 0.5) is 23.2 Å². The van der Waals surface area contributed by atoms with Crippen molar-refractivity contribution >= 4 is 29.2 Å². The van der Waals surface area contributed by atoms with Gasteiger partial charge in [0.1, 0.15) is 11.5 Å². The number of rotatable bonds is 3. The maximum atomic E-state index is 13.4. The maximum Gasteiger partial charge on any atom is 0.490 e. The third-order valence-electron chi connectivity index (χ3n) is 5.16. The second-order valence-corrected chi connectivity index (χ2v) is 7.83. The largest absolute Gasteiger partial charge is 0.490 e. The number of hydrogen-bond acceptors (Lipinski definition) is 6. The molecule has 0 bridgehead atoms. The van der Waals surface area contributed by atoms with Crippen molar-refractivity contribution < 1.29 is 41.9 Å². The Balaban J connectivity index is 0.000000429. The van der Waals surface area contributed by atoms with Crippen molar-refractivity contribution in [3.05, 3.63) is 60.2 Å². The fourth-order valence-corrected chi connectivity index (χ4v) is 3.58. The van der Waals surface area contributed by atoms with Gasteiger partial charge in [-0.2, -0.15) is 13.2 Å². The SMILES string of the molecule is O=C(Nc1cccnc1)C1=NOC2(CCCN(C(=O)c3cccc(F)c3)C2)C1.O=C(O)C(F)(F)F. The number of anilines is 1. The Morgan fingerprint density at radius 1 is 1.17 bits per heavy atom. The number of oxime groups is 1. The number of carboxylic acids is 1. The van der Waals surface area contributed by atoms with Crippen molar-refractivity contribution in [1.29, 1.82) is 0 Å². The number of likely N-dealkylation sites (tertiary alicyclic amines) is 1. The quantitative estimate of drug-likeness (QED) is 0.630. The van der Waals surface area contributed by atoms with Crippen LogP contribution < -0.4 is 5.32 Å². The van der Waals surface area contributed by atoms with Crippen LogP contribution in [0.1, 0.15) is 29.6 Å². The molecule has 1 unspecified atom stereocenters. The molecule has 2 aliphatic rings. The van der Waals surface area contributed by atoms with Gasteiger partial charge in [0.25, 0.3) is 11.8 Å². The van der Waals surface area contributed by atoms with Crippen LogP contribution in [0.3, 0.4) is 0 Å². The van der Waals surface area contributed by atoms with Crippen LogP contribution in [-0.2, 0) is 14.4 Å². The van der Waals surface area contributed by atoms with Crippen LogP contribution >= 0.6 is 0 Å². The second kappa shape index (κ2) is 10.5. The first kappa shape index (κ1) is 25.6. The van der Waals surface area contributed by atoms with Crippen molar-refractivity contribution in [2.45, 2.75) is 31.0 Å². The molecule has 1 fully saturated rings. The molecule has 2 amide bonds. The van der Waals surface area contributed by atoms with Crippen molar-refractivity contribution in [3.63, 3.8) is 0 Å². The van der Waals surface area contributed by atoms with Crippen LogP contribution in [-0.4, -0.2) is 63.4 Å². The zero-order valence-electron chi connectivity index (χ0n) is 18.1. The van der Waals surface area contributed by atoms with Gasteiger partial charge in [-0.1, -0.05) is 11.2 Å². The summed E-state index contributed by atoms with van der Waals surface area (Å²) in [5.74, 6) is -3.81. The molecular weight excluding hydrogens is 476 g/mol. The highest BCUT2D eigenvalue weighted by Crippen LogP contribution is 2.34. The predicted octanol–water partition coefficient (Wildman–Crippen LogP) is 3.24. The summed E-state index contributed by atoms with van der Waals surface area (Å²) in [6.45, 7) is 0.854. The summed E-state index contributed by atoms with van der Waals surface area (Å²) < 4.78 is 45.2. The van der Waals surface area contributed by atoms with Gasteiger partial charge < -0.3 is 20.2 Å². The van der Waals surface area contributed by atoms with Gasteiger partial charge in [-0.05, 0) is 43.2 Å². The molecule has 3 heterocycles.